The Morgan fingerprint density at radius 3 is 2.53 bits per heavy atom. The highest BCUT2D eigenvalue weighted by Crippen LogP contribution is 2.14. The first-order valence-electron chi connectivity index (χ1n) is 5.68. The Balaban J connectivity index is 2.09. The Morgan fingerprint density at radius 2 is 1.89 bits per heavy atom. The highest BCUT2D eigenvalue weighted by atomic mass is 79.9. The van der Waals surface area contributed by atoms with E-state index in [1.54, 1.807) is 30.3 Å². The number of amides is 1. The summed E-state index contributed by atoms with van der Waals surface area (Å²) in [7, 11) is 1.79. The molecule has 0 saturated heterocycles. The molecule has 0 unspecified atom stereocenters. The Labute approximate surface area is 128 Å². The zero-order valence-electron chi connectivity index (χ0n) is 10.3. The molecule has 0 radical (unpaired) electrons. The Morgan fingerprint density at radius 1 is 1.21 bits per heavy atom. The lowest BCUT2D eigenvalue weighted by molar-refractivity contribution is 0.0785. The number of aromatic nitrogens is 1. The molecule has 1 heterocycles. The highest BCUT2D eigenvalue weighted by molar-refractivity contribution is 9.10. The number of nitrogens with zero attached hydrogens (tertiary/aromatic N) is 2. The number of hydrogen-bond acceptors (Lipinski definition) is 2. The first-order chi connectivity index (χ1) is 9.06. The lowest BCUT2D eigenvalue weighted by Gasteiger charge is -2.17. The van der Waals surface area contributed by atoms with Crippen molar-refractivity contribution in [3.63, 3.8) is 0 Å². The average Bonchev–Trinajstić information content (AvgIpc) is 2.40. The predicted molar refractivity (Wildman–Crippen MR) is 81.9 cm³/mol. The van der Waals surface area contributed by atoms with Crippen LogP contribution in [0, 0.1) is 0 Å². The fourth-order valence-electron chi connectivity index (χ4n) is 1.69. The molecule has 1 aromatic carbocycles. The minimum Gasteiger partial charge on any atom is -0.337 e. The monoisotopic (exact) mass is 382 g/mol. The minimum absolute atomic E-state index is 0.0222. The molecule has 0 aliphatic carbocycles. The van der Waals surface area contributed by atoms with Crippen LogP contribution in [0.4, 0.5) is 0 Å². The molecular formula is C14H12Br2N2O. The van der Waals surface area contributed by atoms with Gasteiger partial charge < -0.3 is 4.90 Å². The smallest absolute Gasteiger partial charge is 0.254 e. The molecule has 0 aliphatic heterocycles. The van der Waals surface area contributed by atoms with Gasteiger partial charge in [-0.2, -0.15) is 0 Å². The summed E-state index contributed by atoms with van der Waals surface area (Å²) in [5.41, 5.74) is 1.72. The van der Waals surface area contributed by atoms with E-state index in [1.807, 2.05) is 24.3 Å². The molecule has 5 heteroatoms. The number of halogens is 2. The van der Waals surface area contributed by atoms with Crippen molar-refractivity contribution >= 4 is 37.8 Å². The molecule has 1 amide bonds. The van der Waals surface area contributed by atoms with Crippen LogP contribution in [-0.2, 0) is 6.54 Å². The van der Waals surface area contributed by atoms with E-state index in [9.17, 15) is 4.79 Å². The molecule has 2 aromatic rings. The van der Waals surface area contributed by atoms with Crippen LogP contribution < -0.4 is 0 Å². The Bertz CT molecular complexity index is 584. The second kappa shape index (κ2) is 6.30. The van der Waals surface area contributed by atoms with E-state index in [0.717, 1.165) is 10.0 Å². The van der Waals surface area contributed by atoms with Crippen molar-refractivity contribution in [2.24, 2.45) is 0 Å². The number of pyridine rings is 1. The van der Waals surface area contributed by atoms with Crippen molar-refractivity contribution in [3.8, 4) is 0 Å². The average molecular weight is 384 g/mol. The van der Waals surface area contributed by atoms with Crippen molar-refractivity contribution < 1.29 is 4.79 Å². The summed E-state index contributed by atoms with van der Waals surface area (Å²) in [5.74, 6) is -0.0222. The van der Waals surface area contributed by atoms with Crippen LogP contribution in [-0.4, -0.2) is 22.8 Å². The number of hydrogen-bond donors (Lipinski definition) is 0. The molecule has 0 spiro atoms. The van der Waals surface area contributed by atoms with Crippen LogP contribution in [0.25, 0.3) is 0 Å². The molecule has 0 fully saturated rings. The lowest BCUT2D eigenvalue weighted by Crippen LogP contribution is -2.26. The zero-order chi connectivity index (χ0) is 13.8. The number of benzene rings is 1. The normalized spacial score (nSPS) is 10.3. The van der Waals surface area contributed by atoms with Crippen LogP contribution >= 0.6 is 31.9 Å². The molecule has 0 bridgehead atoms. The van der Waals surface area contributed by atoms with Gasteiger partial charge in [0.1, 0.15) is 4.60 Å². The van der Waals surface area contributed by atoms with Gasteiger partial charge in [-0.15, -0.1) is 0 Å². The first kappa shape index (κ1) is 14.2. The van der Waals surface area contributed by atoms with Crippen LogP contribution in [0.5, 0.6) is 0 Å². The summed E-state index contributed by atoms with van der Waals surface area (Å²) in [5, 5.41) is 0. The van der Waals surface area contributed by atoms with Gasteiger partial charge in [0.25, 0.3) is 5.91 Å². The van der Waals surface area contributed by atoms with Gasteiger partial charge in [-0.1, -0.05) is 28.1 Å². The van der Waals surface area contributed by atoms with Gasteiger partial charge in [-0.3, -0.25) is 4.79 Å². The summed E-state index contributed by atoms with van der Waals surface area (Å²) in [6.07, 6.45) is 1.62. The van der Waals surface area contributed by atoms with Crippen molar-refractivity contribution in [3.05, 3.63) is 62.8 Å². The van der Waals surface area contributed by atoms with E-state index >= 15 is 0 Å². The quantitative estimate of drug-likeness (QED) is 0.753. The van der Waals surface area contributed by atoms with Crippen LogP contribution in [0.15, 0.2) is 51.7 Å². The standard InChI is InChI=1S/C14H12Br2N2O/c1-18(9-10-2-4-12(15)5-3-10)14(19)11-6-7-17-13(16)8-11/h2-8H,9H2,1H3. The summed E-state index contributed by atoms with van der Waals surface area (Å²) in [4.78, 5) is 17.9. The Kier molecular flexibility index (Phi) is 4.71. The van der Waals surface area contributed by atoms with E-state index in [4.69, 9.17) is 0 Å². The third kappa shape index (κ3) is 3.88. The number of rotatable bonds is 3. The van der Waals surface area contributed by atoms with E-state index in [0.29, 0.717) is 16.7 Å². The van der Waals surface area contributed by atoms with Crippen molar-refractivity contribution in [1.29, 1.82) is 0 Å². The van der Waals surface area contributed by atoms with Crippen molar-refractivity contribution in [1.82, 2.24) is 9.88 Å². The lowest BCUT2D eigenvalue weighted by atomic mass is 10.2. The van der Waals surface area contributed by atoms with E-state index in [1.165, 1.54) is 0 Å². The molecular weight excluding hydrogens is 372 g/mol. The maximum atomic E-state index is 12.2. The van der Waals surface area contributed by atoms with Crippen LogP contribution in [0.1, 0.15) is 15.9 Å². The van der Waals surface area contributed by atoms with Crippen molar-refractivity contribution in [2.75, 3.05) is 7.05 Å². The predicted octanol–water partition coefficient (Wildman–Crippen LogP) is 3.88. The highest BCUT2D eigenvalue weighted by Gasteiger charge is 2.12. The molecule has 2 rings (SSSR count). The van der Waals surface area contributed by atoms with Crippen LogP contribution in [0.3, 0.4) is 0 Å². The van der Waals surface area contributed by atoms with Gasteiger partial charge in [0.05, 0.1) is 0 Å². The third-order valence-corrected chi connectivity index (χ3v) is 3.62. The van der Waals surface area contributed by atoms with E-state index < -0.39 is 0 Å². The second-order valence-electron chi connectivity index (χ2n) is 4.15. The van der Waals surface area contributed by atoms with Crippen molar-refractivity contribution in [2.45, 2.75) is 6.54 Å². The Hall–Kier alpha value is -1.20. The molecule has 0 aliphatic rings. The SMILES string of the molecule is CN(Cc1ccc(Br)cc1)C(=O)c1ccnc(Br)c1. The van der Waals surface area contributed by atoms with Gasteiger partial charge >= 0.3 is 0 Å². The second-order valence-corrected chi connectivity index (χ2v) is 5.88. The largest absolute Gasteiger partial charge is 0.337 e. The molecule has 0 saturated carbocycles. The van der Waals surface area contributed by atoms with E-state index in [-0.39, 0.29) is 5.91 Å². The van der Waals surface area contributed by atoms with Gasteiger partial charge in [0.2, 0.25) is 0 Å². The fourth-order valence-corrected chi connectivity index (χ4v) is 2.32. The topological polar surface area (TPSA) is 33.2 Å². The number of carbonyl (C=O) groups excluding carboxylic acids is 1. The molecule has 0 N–H and O–H groups in total. The van der Waals surface area contributed by atoms with Gasteiger partial charge in [0, 0.05) is 29.8 Å². The van der Waals surface area contributed by atoms with Gasteiger partial charge in [0.15, 0.2) is 0 Å². The van der Waals surface area contributed by atoms with Crippen LogP contribution in [0.2, 0.25) is 0 Å². The maximum absolute atomic E-state index is 12.2. The summed E-state index contributed by atoms with van der Waals surface area (Å²) >= 11 is 6.66. The fraction of sp³-hybridized carbons (Fsp3) is 0.143. The minimum atomic E-state index is -0.0222. The molecule has 19 heavy (non-hydrogen) atoms. The molecule has 0 atom stereocenters. The number of carbonyl (C=O) groups is 1. The molecule has 1 aromatic heterocycles. The first-order valence-corrected chi connectivity index (χ1v) is 7.26. The summed E-state index contributed by atoms with van der Waals surface area (Å²) in [6.45, 7) is 0.575. The molecule has 3 nitrogen and oxygen atoms in total. The van der Waals surface area contributed by atoms with E-state index in [2.05, 4.69) is 36.8 Å². The third-order valence-electron chi connectivity index (χ3n) is 2.65. The maximum Gasteiger partial charge on any atom is 0.254 e. The molecule has 98 valence electrons. The summed E-state index contributed by atoms with van der Waals surface area (Å²) in [6, 6.07) is 11.4. The summed E-state index contributed by atoms with van der Waals surface area (Å²) < 4.78 is 1.69. The van der Waals surface area contributed by atoms with Gasteiger partial charge in [-0.25, -0.2) is 4.98 Å². The zero-order valence-corrected chi connectivity index (χ0v) is 13.5. The van der Waals surface area contributed by atoms with Gasteiger partial charge in [-0.05, 0) is 45.8 Å².